The second-order valence-electron chi connectivity index (χ2n) is 8.83. The maximum Gasteiger partial charge on any atom is 0.269 e. The molecule has 164 valence electrons. The van der Waals surface area contributed by atoms with Gasteiger partial charge in [-0.1, -0.05) is 51.1 Å². The van der Waals surface area contributed by atoms with Crippen LogP contribution in [0, 0.1) is 0 Å². The van der Waals surface area contributed by atoms with Crippen molar-refractivity contribution in [2.75, 3.05) is 5.88 Å². The normalized spacial score (nSPS) is 11.6. The van der Waals surface area contributed by atoms with E-state index in [4.69, 9.17) is 11.6 Å². The van der Waals surface area contributed by atoms with E-state index in [1.54, 1.807) is 18.2 Å². The maximum absolute atomic E-state index is 12.7. The Balaban J connectivity index is 1.53. The predicted molar refractivity (Wildman–Crippen MR) is 130 cm³/mol. The maximum atomic E-state index is 12.7. The number of hydrogen-bond acceptors (Lipinski definition) is 2. The number of aryl methyl sites for hydroxylation is 1. The SMILES string of the molecule is CC(C)(C)c1ccc(C(=O)NNC(=O)c2ccc3c(c2)c2ccccc2n3CCCl)cc1. The van der Waals surface area contributed by atoms with E-state index in [0.29, 0.717) is 23.6 Å². The van der Waals surface area contributed by atoms with E-state index in [1.165, 1.54) is 0 Å². The van der Waals surface area contributed by atoms with Crippen molar-refractivity contribution in [3.8, 4) is 0 Å². The summed E-state index contributed by atoms with van der Waals surface area (Å²) < 4.78 is 2.16. The number of nitrogens with zero attached hydrogens (tertiary/aromatic N) is 1. The molecule has 2 amide bonds. The summed E-state index contributed by atoms with van der Waals surface area (Å²) in [5.41, 5.74) is 9.22. The summed E-state index contributed by atoms with van der Waals surface area (Å²) in [6, 6.07) is 21.0. The quantitative estimate of drug-likeness (QED) is 0.324. The van der Waals surface area contributed by atoms with E-state index in [-0.39, 0.29) is 17.2 Å². The molecule has 0 atom stereocenters. The minimum Gasteiger partial charge on any atom is -0.339 e. The van der Waals surface area contributed by atoms with Gasteiger partial charge in [-0.25, -0.2) is 0 Å². The number of para-hydroxylation sites is 1. The van der Waals surface area contributed by atoms with Crippen LogP contribution in [0.4, 0.5) is 0 Å². The summed E-state index contributed by atoms with van der Waals surface area (Å²) in [5.74, 6) is -0.238. The number of halogens is 1. The summed E-state index contributed by atoms with van der Waals surface area (Å²) in [6.07, 6.45) is 0. The van der Waals surface area contributed by atoms with Gasteiger partial charge in [-0.05, 0) is 47.4 Å². The lowest BCUT2D eigenvalue weighted by Gasteiger charge is -2.19. The zero-order valence-corrected chi connectivity index (χ0v) is 19.2. The summed E-state index contributed by atoms with van der Waals surface area (Å²) in [6.45, 7) is 7.03. The standard InChI is InChI=1S/C26H26ClN3O2/c1-26(2,3)19-11-8-17(9-12-19)24(31)28-29-25(32)18-10-13-23-21(16-18)20-6-4-5-7-22(20)30(23)15-14-27/h4-13,16H,14-15H2,1-3H3,(H,28,31)(H,29,32). The van der Waals surface area contributed by atoms with Gasteiger partial charge >= 0.3 is 0 Å². The average Bonchev–Trinajstić information content (AvgIpc) is 3.10. The number of carbonyl (C=O) groups excluding carboxylic acids is 2. The first-order chi connectivity index (χ1) is 15.3. The van der Waals surface area contributed by atoms with Crippen LogP contribution in [0.15, 0.2) is 66.7 Å². The lowest BCUT2D eigenvalue weighted by molar-refractivity contribution is 0.0847. The predicted octanol–water partition coefficient (Wildman–Crippen LogP) is 5.41. The van der Waals surface area contributed by atoms with Crippen molar-refractivity contribution in [2.24, 2.45) is 0 Å². The molecule has 0 aliphatic heterocycles. The number of nitrogens with one attached hydrogen (secondary N) is 2. The van der Waals surface area contributed by atoms with Crippen molar-refractivity contribution >= 4 is 45.2 Å². The van der Waals surface area contributed by atoms with Gasteiger partial charge in [0.2, 0.25) is 0 Å². The average molecular weight is 448 g/mol. The molecule has 0 saturated heterocycles. The second kappa shape index (κ2) is 8.67. The molecule has 0 aliphatic carbocycles. The number of alkyl halides is 1. The van der Waals surface area contributed by atoms with Crippen molar-refractivity contribution in [2.45, 2.75) is 32.7 Å². The van der Waals surface area contributed by atoms with Crippen molar-refractivity contribution < 1.29 is 9.59 Å². The fraction of sp³-hybridized carbons (Fsp3) is 0.231. The van der Waals surface area contributed by atoms with Crippen LogP contribution in [-0.4, -0.2) is 22.3 Å². The van der Waals surface area contributed by atoms with Gasteiger partial charge in [-0.2, -0.15) is 0 Å². The van der Waals surface area contributed by atoms with Crippen molar-refractivity contribution in [1.82, 2.24) is 15.4 Å². The summed E-state index contributed by atoms with van der Waals surface area (Å²) in [7, 11) is 0. The van der Waals surface area contributed by atoms with Gasteiger partial charge in [0.05, 0.1) is 0 Å². The molecule has 0 bridgehead atoms. The largest absolute Gasteiger partial charge is 0.339 e. The lowest BCUT2D eigenvalue weighted by atomic mass is 9.87. The number of rotatable bonds is 4. The van der Waals surface area contributed by atoms with Crippen LogP contribution in [0.2, 0.25) is 0 Å². The van der Waals surface area contributed by atoms with E-state index in [9.17, 15) is 9.59 Å². The molecule has 4 aromatic rings. The highest BCUT2D eigenvalue weighted by Gasteiger charge is 2.16. The number of carbonyl (C=O) groups is 2. The number of benzene rings is 3. The molecule has 3 aromatic carbocycles. The third-order valence-electron chi connectivity index (χ3n) is 5.65. The fourth-order valence-electron chi connectivity index (χ4n) is 3.90. The number of hydrazine groups is 1. The Hall–Kier alpha value is -3.31. The summed E-state index contributed by atoms with van der Waals surface area (Å²) in [4.78, 5) is 25.2. The highest BCUT2D eigenvalue weighted by Crippen LogP contribution is 2.30. The number of aromatic nitrogens is 1. The molecule has 4 rings (SSSR count). The smallest absolute Gasteiger partial charge is 0.269 e. The van der Waals surface area contributed by atoms with E-state index in [1.807, 2.05) is 48.5 Å². The van der Waals surface area contributed by atoms with Crippen molar-refractivity contribution in [3.63, 3.8) is 0 Å². The first-order valence-corrected chi connectivity index (χ1v) is 11.1. The Morgan fingerprint density at radius 1 is 0.812 bits per heavy atom. The molecular formula is C26H26ClN3O2. The van der Waals surface area contributed by atoms with E-state index in [0.717, 1.165) is 27.4 Å². The highest BCUT2D eigenvalue weighted by molar-refractivity contribution is 6.18. The van der Waals surface area contributed by atoms with Crippen molar-refractivity contribution in [3.05, 3.63) is 83.4 Å². The molecule has 0 fully saturated rings. The Morgan fingerprint density at radius 3 is 2.06 bits per heavy atom. The van der Waals surface area contributed by atoms with Crippen LogP contribution in [0.3, 0.4) is 0 Å². The minimum absolute atomic E-state index is 0.00868. The molecular weight excluding hydrogens is 422 g/mol. The number of hydrogen-bond donors (Lipinski definition) is 2. The zero-order chi connectivity index (χ0) is 22.9. The molecule has 0 aliphatic rings. The summed E-state index contributed by atoms with van der Waals surface area (Å²) in [5, 5.41) is 2.03. The fourth-order valence-corrected chi connectivity index (χ4v) is 4.07. The van der Waals surface area contributed by atoms with Gasteiger partial charge in [-0.3, -0.25) is 20.4 Å². The minimum atomic E-state index is -0.374. The Bertz CT molecular complexity index is 1300. The summed E-state index contributed by atoms with van der Waals surface area (Å²) >= 11 is 6.00. The number of amides is 2. The molecule has 0 spiro atoms. The second-order valence-corrected chi connectivity index (χ2v) is 9.20. The molecule has 0 saturated carbocycles. The molecule has 1 heterocycles. The van der Waals surface area contributed by atoms with Crippen LogP contribution >= 0.6 is 11.6 Å². The molecule has 0 radical (unpaired) electrons. The van der Waals surface area contributed by atoms with Crippen LogP contribution < -0.4 is 10.9 Å². The first kappa shape index (κ1) is 21.9. The van der Waals surface area contributed by atoms with Gasteiger partial charge in [0.25, 0.3) is 11.8 Å². The first-order valence-electron chi connectivity index (χ1n) is 10.6. The van der Waals surface area contributed by atoms with Gasteiger partial charge in [0, 0.05) is 45.4 Å². The molecule has 2 N–H and O–H groups in total. The molecule has 32 heavy (non-hydrogen) atoms. The van der Waals surface area contributed by atoms with Crippen LogP contribution in [-0.2, 0) is 12.0 Å². The van der Waals surface area contributed by atoms with Crippen molar-refractivity contribution in [1.29, 1.82) is 0 Å². The van der Waals surface area contributed by atoms with Crippen LogP contribution in [0.1, 0.15) is 47.1 Å². The van der Waals surface area contributed by atoms with Crippen LogP contribution in [0.25, 0.3) is 21.8 Å². The van der Waals surface area contributed by atoms with E-state index in [2.05, 4.69) is 36.2 Å². The van der Waals surface area contributed by atoms with Crippen LogP contribution in [0.5, 0.6) is 0 Å². The molecule has 1 aromatic heterocycles. The molecule has 0 unspecified atom stereocenters. The van der Waals surface area contributed by atoms with E-state index < -0.39 is 0 Å². The van der Waals surface area contributed by atoms with Gasteiger partial charge in [0.1, 0.15) is 0 Å². The third-order valence-corrected chi connectivity index (χ3v) is 5.81. The van der Waals surface area contributed by atoms with Gasteiger partial charge in [0.15, 0.2) is 0 Å². The zero-order valence-electron chi connectivity index (χ0n) is 18.4. The monoisotopic (exact) mass is 447 g/mol. The van der Waals surface area contributed by atoms with E-state index >= 15 is 0 Å². The van der Waals surface area contributed by atoms with Gasteiger partial charge in [-0.15, -0.1) is 11.6 Å². The third kappa shape index (κ3) is 4.21. The Kier molecular flexibility index (Phi) is 5.94. The Labute approximate surface area is 192 Å². The number of fused-ring (bicyclic) bond motifs is 3. The lowest BCUT2D eigenvalue weighted by Crippen LogP contribution is -2.41. The van der Waals surface area contributed by atoms with Gasteiger partial charge < -0.3 is 4.57 Å². The molecule has 6 heteroatoms. The molecule has 5 nitrogen and oxygen atoms in total. The highest BCUT2D eigenvalue weighted by atomic mass is 35.5. The Morgan fingerprint density at radius 2 is 1.41 bits per heavy atom. The topological polar surface area (TPSA) is 63.1 Å².